The molecule has 0 aliphatic rings. The number of carboxylic acids is 2. The molecule has 0 unspecified atom stereocenters. The Labute approximate surface area is 61.1 Å². The van der Waals surface area contributed by atoms with Crippen LogP contribution in [0.4, 0.5) is 0 Å². The Morgan fingerprint density at radius 2 is 1.64 bits per heavy atom. The number of carbonyl (C=O) groups excluding carboxylic acids is 1. The number of hydrogen-bond donors (Lipinski definition) is 3. The molecule has 0 bridgehead atoms. The van der Waals surface area contributed by atoms with E-state index in [1.54, 1.807) is 0 Å². The third-order valence-corrected chi connectivity index (χ3v) is 0.881. The first-order valence-electron chi connectivity index (χ1n) is 2.62. The summed E-state index contributed by atoms with van der Waals surface area (Å²) >= 11 is 0. The standard InChI is InChI=1S/C5H6O6/c6-2(1-3(7)8)4(9)5(10)11/h2,6H,1H2,(H,7,8)(H,10,11)/t2-/m0/s1. The summed E-state index contributed by atoms with van der Waals surface area (Å²) in [6, 6.07) is 0. The molecule has 0 radical (unpaired) electrons. The largest absolute Gasteiger partial charge is 0.481 e. The van der Waals surface area contributed by atoms with Gasteiger partial charge in [0.1, 0.15) is 6.10 Å². The highest BCUT2D eigenvalue weighted by Crippen LogP contribution is 1.93. The van der Waals surface area contributed by atoms with Gasteiger partial charge in [0.05, 0.1) is 6.42 Å². The van der Waals surface area contributed by atoms with Crippen molar-refractivity contribution in [2.24, 2.45) is 0 Å². The molecule has 1 atom stereocenters. The van der Waals surface area contributed by atoms with Crippen molar-refractivity contribution in [1.29, 1.82) is 0 Å². The molecule has 0 saturated carbocycles. The Kier molecular flexibility index (Phi) is 3.19. The molecule has 11 heavy (non-hydrogen) atoms. The zero-order chi connectivity index (χ0) is 9.02. The van der Waals surface area contributed by atoms with Crippen molar-refractivity contribution in [1.82, 2.24) is 0 Å². The molecule has 6 heteroatoms. The van der Waals surface area contributed by atoms with Crippen molar-refractivity contribution < 1.29 is 29.7 Å². The number of ketones is 1. The van der Waals surface area contributed by atoms with E-state index in [1.165, 1.54) is 0 Å². The van der Waals surface area contributed by atoms with Crippen LogP contribution < -0.4 is 0 Å². The highest BCUT2D eigenvalue weighted by molar-refractivity contribution is 6.34. The number of aliphatic carboxylic acids is 2. The summed E-state index contributed by atoms with van der Waals surface area (Å²) in [7, 11) is 0. The number of Topliss-reactive ketones (excluding diaryl/α,β-unsaturated/α-hetero) is 1. The smallest absolute Gasteiger partial charge is 0.375 e. The van der Waals surface area contributed by atoms with Crippen molar-refractivity contribution in [3.05, 3.63) is 0 Å². The maximum absolute atomic E-state index is 10.3. The van der Waals surface area contributed by atoms with Crippen LogP contribution in [0.1, 0.15) is 6.42 Å². The third kappa shape index (κ3) is 3.31. The summed E-state index contributed by atoms with van der Waals surface area (Å²) in [4.78, 5) is 29.9. The van der Waals surface area contributed by atoms with Gasteiger partial charge in [-0.3, -0.25) is 9.59 Å². The van der Waals surface area contributed by atoms with Crippen LogP contribution in [0.15, 0.2) is 0 Å². The summed E-state index contributed by atoms with van der Waals surface area (Å²) in [5, 5.41) is 24.5. The van der Waals surface area contributed by atoms with Gasteiger partial charge in [-0.2, -0.15) is 0 Å². The summed E-state index contributed by atoms with van der Waals surface area (Å²) in [6.07, 6.45) is -2.84. The summed E-state index contributed by atoms with van der Waals surface area (Å²) in [6.45, 7) is 0. The van der Waals surface area contributed by atoms with Gasteiger partial charge in [0.25, 0.3) is 5.78 Å². The first-order valence-corrected chi connectivity index (χ1v) is 2.62. The van der Waals surface area contributed by atoms with E-state index in [9.17, 15) is 14.4 Å². The molecule has 3 N–H and O–H groups in total. The second-order valence-corrected chi connectivity index (χ2v) is 1.78. The van der Waals surface area contributed by atoms with Gasteiger partial charge in [-0.05, 0) is 0 Å². The zero-order valence-electron chi connectivity index (χ0n) is 5.35. The van der Waals surface area contributed by atoms with E-state index in [-0.39, 0.29) is 0 Å². The van der Waals surface area contributed by atoms with Gasteiger partial charge in [-0.1, -0.05) is 0 Å². The fraction of sp³-hybridized carbons (Fsp3) is 0.400. The van der Waals surface area contributed by atoms with Crippen LogP contribution in [0.2, 0.25) is 0 Å². The van der Waals surface area contributed by atoms with Gasteiger partial charge in [0.15, 0.2) is 0 Å². The minimum atomic E-state index is -1.95. The monoisotopic (exact) mass is 162 g/mol. The molecule has 0 rings (SSSR count). The zero-order valence-corrected chi connectivity index (χ0v) is 5.35. The summed E-state index contributed by atoms with van der Waals surface area (Å²) in [5.41, 5.74) is 0. The van der Waals surface area contributed by atoms with Gasteiger partial charge >= 0.3 is 11.9 Å². The minimum Gasteiger partial charge on any atom is -0.481 e. The number of aliphatic hydroxyl groups is 1. The number of carbonyl (C=O) groups is 3. The topological polar surface area (TPSA) is 112 Å². The van der Waals surface area contributed by atoms with Gasteiger partial charge < -0.3 is 15.3 Å². The fourth-order valence-corrected chi connectivity index (χ4v) is 0.401. The lowest BCUT2D eigenvalue weighted by Gasteiger charge is -2.00. The van der Waals surface area contributed by atoms with Crippen molar-refractivity contribution in [3.63, 3.8) is 0 Å². The van der Waals surface area contributed by atoms with E-state index in [0.717, 1.165) is 0 Å². The number of aliphatic hydroxyl groups excluding tert-OH is 1. The third-order valence-electron chi connectivity index (χ3n) is 0.881. The van der Waals surface area contributed by atoms with Crippen molar-refractivity contribution in [2.45, 2.75) is 12.5 Å². The van der Waals surface area contributed by atoms with Crippen molar-refractivity contribution >= 4 is 17.7 Å². The van der Waals surface area contributed by atoms with E-state index in [2.05, 4.69) is 0 Å². The Morgan fingerprint density at radius 3 is 1.91 bits per heavy atom. The van der Waals surface area contributed by atoms with E-state index >= 15 is 0 Å². The van der Waals surface area contributed by atoms with Crippen LogP contribution in [0.25, 0.3) is 0 Å². The molecule has 0 spiro atoms. The molecular weight excluding hydrogens is 156 g/mol. The molecule has 0 saturated heterocycles. The summed E-state index contributed by atoms with van der Waals surface area (Å²) in [5.74, 6) is -4.77. The number of rotatable bonds is 4. The second-order valence-electron chi connectivity index (χ2n) is 1.78. The van der Waals surface area contributed by atoms with E-state index in [1.807, 2.05) is 0 Å². The highest BCUT2D eigenvalue weighted by atomic mass is 16.4. The van der Waals surface area contributed by atoms with E-state index in [4.69, 9.17) is 15.3 Å². The molecule has 6 nitrogen and oxygen atoms in total. The molecule has 0 heterocycles. The molecule has 0 aromatic carbocycles. The maximum Gasteiger partial charge on any atom is 0.375 e. The molecule has 0 aromatic heterocycles. The highest BCUT2D eigenvalue weighted by Gasteiger charge is 2.24. The van der Waals surface area contributed by atoms with Crippen LogP contribution in [-0.2, 0) is 14.4 Å². The molecule has 0 amide bonds. The maximum atomic E-state index is 10.3. The molecule has 0 aliphatic heterocycles. The Hall–Kier alpha value is -1.43. The predicted molar refractivity (Wildman–Crippen MR) is 30.9 cm³/mol. The molecule has 62 valence electrons. The number of carboxylic acid groups (broad SMARTS) is 2. The van der Waals surface area contributed by atoms with Crippen LogP contribution >= 0.6 is 0 Å². The fourth-order valence-electron chi connectivity index (χ4n) is 0.401. The molecule has 0 aliphatic carbocycles. The lowest BCUT2D eigenvalue weighted by Crippen LogP contribution is -2.30. The predicted octanol–water partition coefficient (Wildman–Crippen LogP) is -1.52. The van der Waals surface area contributed by atoms with Gasteiger partial charge in [-0.25, -0.2) is 4.79 Å². The Balaban J connectivity index is 4.03. The van der Waals surface area contributed by atoms with Crippen molar-refractivity contribution in [2.75, 3.05) is 0 Å². The first kappa shape index (κ1) is 9.57. The molecular formula is C5H6O6. The van der Waals surface area contributed by atoms with Crippen LogP contribution in [0.3, 0.4) is 0 Å². The minimum absolute atomic E-state index is 0.884. The van der Waals surface area contributed by atoms with Crippen LogP contribution in [0.5, 0.6) is 0 Å². The van der Waals surface area contributed by atoms with Gasteiger partial charge in [-0.15, -0.1) is 0 Å². The quantitative estimate of drug-likeness (QED) is 0.432. The SMILES string of the molecule is O=C(O)C[C@H](O)C(=O)C(=O)O. The van der Waals surface area contributed by atoms with Crippen molar-refractivity contribution in [3.8, 4) is 0 Å². The van der Waals surface area contributed by atoms with E-state index in [0.29, 0.717) is 0 Å². The van der Waals surface area contributed by atoms with Gasteiger partial charge in [0, 0.05) is 0 Å². The van der Waals surface area contributed by atoms with Gasteiger partial charge in [0.2, 0.25) is 0 Å². The molecule has 0 aromatic rings. The van der Waals surface area contributed by atoms with Crippen LogP contribution in [0, 0.1) is 0 Å². The lowest BCUT2D eigenvalue weighted by molar-refractivity contribution is -0.155. The van der Waals surface area contributed by atoms with E-state index < -0.39 is 30.2 Å². The van der Waals surface area contributed by atoms with Crippen LogP contribution in [-0.4, -0.2) is 39.1 Å². The average molecular weight is 162 g/mol. The lowest BCUT2D eigenvalue weighted by atomic mass is 10.2. The average Bonchev–Trinajstić information content (AvgIpc) is 1.84. The molecule has 0 fully saturated rings. The summed E-state index contributed by atoms with van der Waals surface area (Å²) < 4.78 is 0. The second kappa shape index (κ2) is 3.67. The normalized spacial score (nSPS) is 12.1. The Bertz CT molecular complexity index is 195. The Morgan fingerprint density at radius 1 is 1.18 bits per heavy atom. The first-order chi connectivity index (χ1) is 4.95. The number of hydrogen-bond acceptors (Lipinski definition) is 4.